The molecular weight excluding hydrogens is 228 g/mol. The summed E-state index contributed by atoms with van der Waals surface area (Å²) < 4.78 is 0. The normalized spacial score (nSPS) is 12.1. The first-order chi connectivity index (χ1) is 8.61. The van der Waals surface area contributed by atoms with Crippen LogP contribution in [-0.2, 0) is 0 Å². The second-order valence-corrected chi connectivity index (χ2v) is 4.04. The summed E-state index contributed by atoms with van der Waals surface area (Å²) in [6.45, 7) is 3.63. The molecule has 0 spiro atoms. The van der Waals surface area contributed by atoms with E-state index < -0.39 is 0 Å². The van der Waals surface area contributed by atoms with Gasteiger partial charge in [0.2, 0.25) is 0 Å². The molecule has 0 unspecified atom stereocenters. The van der Waals surface area contributed by atoms with Crippen molar-refractivity contribution in [2.75, 3.05) is 0 Å². The quantitative estimate of drug-likeness (QED) is 0.794. The number of hydrogen-bond acceptors (Lipinski definition) is 4. The van der Waals surface area contributed by atoms with E-state index in [1.807, 2.05) is 26.0 Å². The van der Waals surface area contributed by atoms with Crippen LogP contribution in [0, 0.1) is 13.8 Å². The summed E-state index contributed by atoms with van der Waals surface area (Å²) >= 11 is 0. The summed E-state index contributed by atoms with van der Waals surface area (Å²) in [5.74, 6) is -0.509. The van der Waals surface area contributed by atoms with Gasteiger partial charge in [-0.15, -0.1) is 0 Å². The molecule has 0 aliphatic rings. The van der Waals surface area contributed by atoms with E-state index in [0.717, 1.165) is 11.1 Å². The van der Waals surface area contributed by atoms with Gasteiger partial charge < -0.3 is 10.2 Å². The zero-order valence-corrected chi connectivity index (χ0v) is 10.3. The van der Waals surface area contributed by atoms with E-state index >= 15 is 0 Å². The Morgan fingerprint density at radius 3 is 1.56 bits per heavy atom. The fourth-order valence-corrected chi connectivity index (χ4v) is 1.69. The number of aliphatic hydroxyl groups is 2. The second kappa shape index (κ2) is 4.87. The molecule has 0 bridgehead atoms. The van der Waals surface area contributed by atoms with E-state index in [1.54, 1.807) is 24.5 Å². The molecule has 0 saturated carbocycles. The minimum atomic E-state index is -0.255. The molecule has 2 N–H and O–H groups in total. The van der Waals surface area contributed by atoms with Crippen LogP contribution >= 0.6 is 0 Å². The van der Waals surface area contributed by atoms with Crippen molar-refractivity contribution in [3.05, 3.63) is 59.2 Å². The zero-order chi connectivity index (χ0) is 13.1. The molecule has 0 aliphatic heterocycles. The molecule has 2 rings (SSSR count). The molecule has 2 aromatic heterocycles. The average Bonchev–Trinajstić information content (AvgIpc) is 2.38. The Kier molecular flexibility index (Phi) is 3.28. The minimum absolute atomic E-state index is 0.255. The predicted octanol–water partition coefficient (Wildman–Crippen LogP) is 3.04. The van der Waals surface area contributed by atoms with Crippen LogP contribution in [0.25, 0.3) is 11.5 Å². The van der Waals surface area contributed by atoms with Gasteiger partial charge in [-0.2, -0.15) is 0 Å². The highest BCUT2D eigenvalue weighted by molar-refractivity contribution is 5.81. The molecule has 0 radical (unpaired) electrons. The highest BCUT2D eigenvalue weighted by Gasteiger charge is 2.14. The second-order valence-electron chi connectivity index (χ2n) is 4.04. The smallest absolute Gasteiger partial charge is 0.186 e. The van der Waals surface area contributed by atoms with Crippen molar-refractivity contribution in [2.24, 2.45) is 0 Å². The van der Waals surface area contributed by atoms with Gasteiger partial charge in [-0.05, 0) is 37.1 Å². The number of aryl methyl sites for hydroxylation is 2. The summed E-state index contributed by atoms with van der Waals surface area (Å²) in [7, 11) is 0. The highest BCUT2D eigenvalue weighted by Crippen LogP contribution is 2.23. The van der Waals surface area contributed by atoms with Gasteiger partial charge in [0.15, 0.2) is 11.5 Å². The summed E-state index contributed by atoms with van der Waals surface area (Å²) in [5, 5.41) is 20.1. The van der Waals surface area contributed by atoms with E-state index in [2.05, 4.69) is 9.97 Å². The number of rotatable bonds is 2. The summed E-state index contributed by atoms with van der Waals surface area (Å²) in [6.07, 6.45) is 3.13. The first kappa shape index (κ1) is 12.1. The lowest BCUT2D eigenvalue weighted by molar-refractivity contribution is 0.455. The molecule has 0 amide bonds. The van der Waals surface area contributed by atoms with Crippen LogP contribution in [0.15, 0.2) is 36.7 Å². The molecule has 2 heterocycles. The fraction of sp³-hybridized carbons (Fsp3) is 0.143. The van der Waals surface area contributed by atoms with Gasteiger partial charge in [0.05, 0.1) is 0 Å². The maximum atomic E-state index is 10.1. The van der Waals surface area contributed by atoms with Crippen molar-refractivity contribution in [1.29, 1.82) is 0 Å². The van der Waals surface area contributed by atoms with Crippen molar-refractivity contribution in [3.63, 3.8) is 0 Å². The lowest BCUT2D eigenvalue weighted by Gasteiger charge is -2.08. The number of hydrogen-bond donors (Lipinski definition) is 2. The Morgan fingerprint density at radius 1 is 0.833 bits per heavy atom. The summed E-state index contributed by atoms with van der Waals surface area (Å²) in [6, 6.07) is 7.18. The Balaban J connectivity index is 2.55. The Labute approximate surface area is 105 Å². The van der Waals surface area contributed by atoms with Crippen LogP contribution in [0.2, 0.25) is 0 Å². The zero-order valence-electron chi connectivity index (χ0n) is 10.3. The van der Waals surface area contributed by atoms with Crippen molar-refractivity contribution in [2.45, 2.75) is 13.8 Å². The van der Waals surface area contributed by atoms with Crippen LogP contribution in [0.3, 0.4) is 0 Å². The Bertz CT molecular complexity index is 553. The molecule has 0 aliphatic carbocycles. The van der Waals surface area contributed by atoms with E-state index in [0.29, 0.717) is 11.4 Å². The van der Waals surface area contributed by atoms with E-state index in [-0.39, 0.29) is 11.5 Å². The molecule has 0 aromatic carbocycles. The Morgan fingerprint density at radius 2 is 1.22 bits per heavy atom. The van der Waals surface area contributed by atoms with Crippen molar-refractivity contribution in [1.82, 2.24) is 9.97 Å². The third-order valence-electron chi connectivity index (χ3n) is 2.69. The van der Waals surface area contributed by atoms with E-state index in [1.165, 1.54) is 0 Å². The average molecular weight is 242 g/mol. The van der Waals surface area contributed by atoms with Crippen molar-refractivity contribution < 1.29 is 10.2 Å². The highest BCUT2D eigenvalue weighted by atomic mass is 16.3. The summed E-state index contributed by atoms with van der Waals surface area (Å²) in [5.41, 5.74) is 2.30. The monoisotopic (exact) mass is 242 g/mol. The molecule has 18 heavy (non-hydrogen) atoms. The van der Waals surface area contributed by atoms with Crippen LogP contribution < -0.4 is 0 Å². The van der Waals surface area contributed by atoms with Crippen LogP contribution in [-0.4, -0.2) is 20.2 Å². The molecule has 2 aromatic rings. The molecule has 0 atom stereocenters. The van der Waals surface area contributed by atoms with E-state index in [4.69, 9.17) is 0 Å². The number of aromatic nitrogens is 2. The molecule has 92 valence electrons. The molecule has 0 fully saturated rings. The van der Waals surface area contributed by atoms with Gasteiger partial charge in [0, 0.05) is 12.4 Å². The third-order valence-corrected chi connectivity index (χ3v) is 2.69. The topological polar surface area (TPSA) is 66.2 Å². The SMILES string of the molecule is Cc1cccnc1C(O)=C(O)c1ncccc1C. The minimum Gasteiger partial charge on any atom is -0.503 e. The van der Waals surface area contributed by atoms with Gasteiger partial charge in [0.1, 0.15) is 11.4 Å². The molecular formula is C14H14N2O2. The molecule has 4 nitrogen and oxygen atoms in total. The lowest BCUT2D eigenvalue weighted by atomic mass is 10.1. The largest absolute Gasteiger partial charge is 0.503 e. The number of aliphatic hydroxyl groups excluding tert-OH is 2. The van der Waals surface area contributed by atoms with Gasteiger partial charge in [-0.3, -0.25) is 9.97 Å². The third kappa shape index (κ3) is 2.18. The van der Waals surface area contributed by atoms with Crippen LogP contribution in [0.5, 0.6) is 0 Å². The van der Waals surface area contributed by atoms with Crippen molar-refractivity contribution >= 4 is 11.5 Å². The Hall–Kier alpha value is -2.36. The van der Waals surface area contributed by atoms with Gasteiger partial charge in [-0.25, -0.2) is 0 Å². The standard InChI is InChI=1S/C14H14N2O2/c1-9-5-3-7-15-11(9)13(17)14(18)12-10(2)6-4-8-16-12/h3-8,17-18H,1-2H3. The summed E-state index contributed by atoms with van der Waals surface area (Å²) in [4.78, 5) is 8.12. The predicted molar refractivity (Wildman–Crippen MR) is 70.0 cm³/mol. The maximum Gasteiger partial charge on any atom is 0.186 e. The van der Waals surface area contributed by atoms with Crippen LogP contribution in [0.1, 0.15) is 22.5 Å². The first-order valence-electron chi connectivity index (χ1n) is 5.57. The van der Waals surface area contributed by atoms with Gasteiger partial charge >= 0.3 is 0 Å². The number of nitrogens with zero attached hydrogens (tertiary/aromatic N) is 2. The van der Waals surface area contributed by atoms with Crippen molar-refractivity contribution in [3.8, 4) is 0 Å². The van der Waals surface area contributed by atoms with Gasteiger partial charge in [0.25, 0.3) is 0 Å². The van der Waals surface area contributed by atoms with Gasteiger partial charge in [-0.1, -0.05) is 12.1 Å². The van der Waals surface area contributed by atoms with E-state index in [9.17, 15) is 10.2 Å². The molecule has 0 saturated heterocycles. The molecule has 4 heteroatoms. The first-order valence-corrected chi connectivity index (χ1v) is 5.57. The van der Waals surface area contributed by atoms with Crippen LogP contribution in [0.4, 0.5) is 0 Å². The fourth-order valence-electron chi connectivity index (χ4n) is 1.69. The number of pyridine rings is 2. The lowest BCUT2D eigenvalue weighted by Crippen LogP contribution is -1.99. The maximum absolute atomic E-state index is 10.1.